The predicted octanol–water partition coefficient (Wildman–Crippen LogP) is 4.61. The maximum absolute atomic E-state index is 13.2. The Morgan fingerprint density at radius 3 is 2.53 bits per heavy atom. The molecule has 7 heteroatoms. The number of nitrogens with one attached hydrogen (secondary N) is 1. The molecule has 0 bridgehead atoms. The normalized spacial score (nSPS) is 15.7. The molecular weight excluding hydrogens is 405 g/mol. The summed E-state index contributed by atoms with van der Waals surface area (Å²) in [6, 6.07) is 15.8. The maximum atomic E-state index is 13.2. The summed E-state index contributed by atoms with van der Waals surface area (Å²) in [6.07, 6.45) is 2.55. The summed E-state index contributed by atoms with van der Waals surface area (Å²) in [5.41, 5.74) is 11.5. The molecule has 2 aliphatic heterocycles. The van der Waals surface area contributed by atoms with E-state index in [1.807, 2.05) is 0 Å². The van der Waals surface area contributed by atoms with Crippen molar-refractivity contribution >= 4 is 17.5 Å². The number of hydrogen-bond donors (Lipinski definition) is 2. The zero-order valence-corrected chi connectivity index (χ0v) is 17.9. The molecule has 2 amide bonds. The Morgan fingerprint density at radius 2 is 1.75 bits per heavy atom. The quantitative estimate of drug-likeness (QED) is 0.633. The lowest BCUT2D eigenvalue weighted by molar-refractivity contribution is 0.212. The summed E-state index contributed by atoms with van der Waals surface area (Å²) in [7, 11) is 0. The van der Waals surface area contributed by atoms with Crippen LogP contribution in [-0.2, 0) is 19.6 Å². The van der Waals surface area contributed by atoms with Gasteiger partial charge in [0.15, 0.2) is 5.82 Å². The van der Waals surface area contributed by atoms with Crippen LogP contribution in [0.2, 0.25) is 0 Å². The van der Waals surface area contributed by atoms with Crippen molar-refractivity contribution in [2.45, 2.75) is 32.5 Å². The van der Waals surface area contributed by atoms with Crippen LogP contribution in [0.5, 0.6) is 0 Å². The van der Waals surface area contributed by atoms with E-state index in [0.29, 0.717) is 30.3 Å². The Kier molecular flexibility index (Phi) is 5.49. The van der Waals surface area contributed by atoms with Gasteiger partial charge in [-0.1, -0.05) is 18.2 Å². The van der Waals surface area contributed by atoms with Crippen molar-refractivity contribution in [1.29, 1.82) is 0 Å². The first-order chi connectivity index (χ1) is 15.5. The van der Waals surface area contributed by atoms with Gasteiger partial charge in [-0.15, -0.1) is 0 Å². The molecule has 6 nitrogen and oxygen atoms in total. The minimum absolute atomic E-state index is 0.238. The minimum Gasteiger partial charge on any atom is -0.396 e. The van der Waals surface area contributed by atoms with Gasteiger partial charge >= 0.3 is 6.03 Å². The summed E-state index contributed by atoms with van der Waals surface area (Å²) in [5, 5.41) is 2.85. The summed E-state index contributed by atoms with van der Waals surface area (Å²) >= 11 is 0. The molecule has 2 aliphatic rings. The first kappa shape index (κ1) is 20.5. The molecule has 3 heterocycles. The number of aromatic nitrogens is 1. The van der Waals surface area contributed by atoms with Crippen LogP contribution < -0.4 is 11.1 Å². The molecular formula is C25H26FN5O. The molecule has 164 valence electrons. The van der Waals surface area contributed by atoms with E-state index in [9.17, 15) is 9.18 Å². The number of halogens is 1. The third-order valence-electron chi connectivity index (χ3n) is 6.18. The lowest BCUT2D eigenvalue weighted by atomic mass is 10.1. The molecule has 1 fully saturated rings. The number of pyridine rings is 1. The fourth-order valence-corrected chi connectivity index (χ4v) is 4.42. The van der Waals surface area contributed by atoms with E-state index in [0.717, 1.165) is 25.2 Å². The van der Waals surface area contributed by atoms with Gasteiger partial charge in [0.2, 0.25) is 0 Å². The minimum atomic E-state index is -0.310. The van der Waals surface area contributed by atoms with Crippen molar-refractivity contribution in [3.05, 3.63) is 77.1 Å². The maximum Gasteiger partial charge on any atom is 0.323 e. The Hall–Kier alpha value is -3.45. The topological polar surface area (TPSA) is 74.5 Å². The number of rotatable bonds is 4. The lowest BCUT2D eigenvalue weighted by Crippen LogP contribution is -2.30. The number of nitrogen functional groups attached to an aromatic ring is 1. The van der Waals surface area contributed by atoms with E-state index in [1.165, 1.54) is 41.7 Å². The highest BCUT2D eigenvalue weighted by atomic mass is 19.1. The summed E-state index contributed by atoms with van der Waals surface area (Å²) < 4.78 is 13.2. The molecule has 3 aromatic rings. The number of carbonyl (C=O) groups is 1. The molecule has 32 heavy (non-hydrogen) atoms. The average molecular weight is 432 g/mol. The van der Waals surface area contributed by atoms with Crippen LogP contribution in [-0.4, -0.2) is 33.9 Å². The van der Waals surface area contributed by atoms with Crippen LogP contribution in [0.15, 0.2) is 54.6 Å². The molecule has 0 spiro atoms. The second-order valence-corrected chi connectivity index (χ2v) is 8.51. The van der Waals surface area contributed by atoms with E-state index in [2.05, 4.69) is 33.4 Å². The van der Waals surface area contributed by atoms with Crippen LogP contribution in [0.25, 0.3) is 11.3 Å². The van der Waals surface area contributed by atoms with Crippen LogP contribution in [0.3, 0.4) is 0 Å². The highest BCUT2D eigenvalue weighted by Gasteiger charge is 2.25. The van der Waals surface area contributed by atoms with Crippen molar-refractivity contribution in [2.24, 2.45) is 0 Å². The molecule has 5 rings (SSSR count). The molecule has 0 unspecified atom stereocenters. The Bertz CT molecular complexity index is 1140. The Balaban J connectivity index is 1.27. The SMILES string of the molecule is Nc1ccc(-c2ccc(F)cc2)nc1NC(=O)N1Cc2ccc(CN3CCCC3)cc2C1. The van der Waals surface area contributed by atoms with E-state index < -0.39 is 0 Å². The number of nitrogens with two attached hydrogens (primary N) is 1. The number of fused-ring (bicyclic) bond motifs is 1. The average Bonchev–Trinajstić information content (AvgIpc) is 3.45. The van der Waals surface area contributed by atoms with Gasteiger partial charge in [0.25, 0.3) is 0 Å². The summed E-state index contributed by atoms with van der Waals surface area (Å²) in [4.78, 5) is 21.7. The Morgan fingerprint density at radius 1 is 1.00 bits per heavy atom. The second kappa shape index (κ2) is 8.59. The molecule has 0 aliphatic carbocycles. The van der Waals surface area contributed by atoms with Crippen LogP contribution >= 0.6 is 0 Å². The number of amides is 2. The third kappa shape index (κ3) is 4.29. The molecule has 0 atom stereocenters. The van der Waals surface area contributed by atoms with E-state index >= 15 is 0 Å². The number of urea groups is 1. The zero-order chi connectivity index (χ0) is 22.1. The smallest absolute Gasteiger partial charge is 0.323 e. The molecule has 2 aromatic carbocycles. The number of anilines is 2. The highest BCUT2D eigenvalue weighted by molar-refractivity contribution is 5.92. The Labute approximate surface area is 186 Å². The van der Waals surface area contributed by atoms with Gasteiger partial charge in [0.05, 0.1) is 11.4 Å². The van der Waals surface area contributed by atoms with Crippen molar-refractivity contribution in [3.8, 4) is 11.3 Å². The van der Waals surface area contributed by atoms with E-state index in [-0.39, 0.29) is 11.8 Å². The zero-order valence-electron chi connectivity index (χ0n) is 17.9. The predicted molar refractivity (Wildman–Crippen MR) is 123 cm³/mol. The van der Waals surface area contributed by atoms with Gasteiger partial charge < -0.3 is 10.6 Å². The van der Waals surface area contributed by atoms with Gasteiger partial charge in [-0.05, 0) is 79.0 Å². The first-order valence-electron chi connectivity index (χ1n) is 11.0. The molecule has 3 N–H and O–H groups in total. The van der Waals surface area contributed by atoms with E-state index in [1.54, 1.807) is 29.2 Å². The fraction of sp³-hybridized carbons (Fsp3) is 0.280. The number of nitrogens with zero attached hydrogens (tertiary/aromatic N) is 3. The molecule has 0 radical (unpaired) electrons. The third-order valence-corrected chi connectivity index (χ3v) is 6.18. The van der Waals surface area contributed by atoms with Crippen molar-refractivity contribution in [3.63, 3.8) is 0 Å². The van der Waals surface area contributed by atoms with Crippen molar-refractivity contribution in [2.75, 3.05) is 24.1 Å². The van der Waals surface area contributed by atoms with Gasteiger partial charge in [-0.3, -0.25) is 10.2 Å². The molecule has 1 saturated heterocycles. The standard InChI is InChI=1S/C25H26FN5O/c26-21-7-5-18(6-8-21)23-10-9-22(27)24(28-23)29-25(32)31-15-19-4-3-17(13-20(19)16-31)14-30-11-1-2-12-30/h3-10,13H,1-2,11-12,14-16,27H2,(H,28,29,32). The van der Waals surface area contributed by atoms with E-state index in [4.69, 9.17) is 5.73 Å². The summed E-state index contributed by atoms with van der Waals surface area (Å²) in [5.74, 6) is -0.00240. The fourth-order valence-electron chi connectivity index (χ4n) is 4.42. The second-order valence-electron chi connectivity index (χ2n) is 8.51. The monoisotopic (exact) mass is 431 g/mol. The largest absolute Gasteiger partial charge is 0.396 e. The number of benzene rings is 2. The van der Waals surface area contributed by atoms with Crippen molar-refractivity contribution < 1.29 is 9.18 Å². The first-order valence-corrected chi connectivity index (χ1v) is 11.0. The molecule has 0 saturated carbocycles. The summed E-state index contributed by atoms with van der Waals surface area (Å²) in [6.45, 7) is 4.42. The number of hydrogen-bond acceptors (Lipinski definition) is 4. The highest BCUT2D eigenvalue weighted by Crippen LogP contribution is 2.27. The van der Waals surface area contributed by atoms with Gasteiger partial charge in [0.1, 0.15) is 5.82 Å². The molecule has 1 aromatic heterocycles. The van der Waals surface area contributed by atoms with Crippen molar-refractivity contribution in [1.82, 2.24) is 14.8 Å². The van der Waals surface area contributed by atoms with Gasteiger partial charge in [0, 0.05) is 25.2 Å². The van der Waals surface area contributed by atoms with Crippen LogP contribution in [0, 0.1) is 5.82 Å². The van der Waals surface area contributed by atoms with Gasteiger partial charge in [-0.2, -0.15) is 0 Å². The van der Waals surface area contributed by atoms with Crippen LogP contribution in [0.4, 0.5) is 20.7 Å². The number of carbonyl (C=O) groups excluding carboxylic acids is 1. The van der Waals surface area contributed by atoms with Gasteiger partial charge in [-0.25, -0.2) is 14.2 Å². The van der Waals surface area contributed by atoms with Crippen LogP contribution in [0.1, 0.15) is 29.5 Å². The lowest BCUT2D eigenvalue weighted by Gasteiger charge is -2.17. The number of likely N-dealkylation sites (tertiary alicyclic amines) is 1.